The van der Waals surface area contributed by atoms with E-state index in [-0.39, 0.29) is 35.9 Å². The maximum absolute atomic E-state index is 13.8. The second kappa shape index (κ2) is 10.7. The van der Waals surface area contributed by atoms with E-state index in [9.17, 15) is 19.2 Å². The Morgan fingerprint density at radius 1 is 0.762 bits per heavy atom. The number of hydrogen-bond donors (Lipinski definition) is 0. The SMILES string of the molecule is O=C(COC(=O)C(Cc1ccccc1)N1C(=O)C2C3C=CC(C4CC34)C2C1=O)c1ccc(OCc2ccccc2)cc1. The Morgan fingerprint density at radius 3 is 1.93 bits per heavy atom. The van der Waals surface area contributed by atoms with Crippen LogP contribution in [0.25, 0.3) is 0 Å². The Bertz CT molecular complexity index is 1510. The zero-order chi connectivity index (χ0) is 28.8. The van der Waals surface area contributed by atoms with Crippen LogP contribution in [0.15, 0.2) is 97.1 Å². The predicted octanol–water partition coefficient (Wildman–Crippen LogP) is 4.66. The third-order valence-corrected chi connectivity index (χ3v) is 9.32. The minimum atomic E-state index is -1.13. The lowest BCUT2D eigenvalue weighted by Gasteiger charge is -2.37. The second-order valence-corrected chi connectivity index (χ2v) is 11.7. The number of esters is 1. The first-order chi connectivity index (χ1) is 20.5. The molecule has 0 spiro atoms. The predicted molar refractivity (Wildman–Crippen MR) is 153 cm³/mol. The van der Waals surface area contributed by atoms with E-state index in [0.29, 0.717) is 29.8 Å². The summed E-state index contributed by atoms with van der Waals surface area (Å²) in [7, 11) is 0. The van der Waals surface area contributed by atoms with Gasteiger partial charge in [0, 0.05) is 12.0 Å². The first-order valence-corrected chi connectivity index (χ1v) is 14.6. The van der Waals surface area contributed by atoms with E-state index in [1.54, 1.807) is 24.3 Å². The topological polar surface area (TPSA) is 90.0 Å². The molecule has 7 atom stereocenters. The number of carbonyl (C=O) groups is 4. The molecule has 0 N–H and O–H groups in total. The maximum atomic E-state index is 13.8. The quantitative estimate of drug-likeness (QED) is 0.155. The Morgan fingerprint density at radius 2 is 1.33 bits per heavy atom. The van der Waals surface area contributed by atoms with Crippen LogP contribution in [0, 0.1) is 35.5 Å². The molecular weight excluding hydrogens is 530 g/mol. The number of amides is 2. The summed E-state index contributed by atoms with van der Waals surface area (Å²) in [5.41, 5.74) is 2.21. The van der Waals surface area contributed by atoms with Crippen LogP contribution in [0.5, 0.6) is 5.75 Å². The van der Waals surface area contributed by atoms with Crippen LogP contribution in [0.2, 0.25) is 0 Å². The Kier molecular flexibility index (Phi) is 6.73. The number of benzene rings is 3. The zero-order valence-electron chi connectivity index (χ0n) is 23.0. The number of ketones is 1. The molecule has 4 aliphatic carbocycles. The van der Waals surface area contributed by atoms with Crippen molar-refractivity contribution in [2.45, 2.75) is 25.5 Å². The number of likely N-dealkylation sites (tertiary alicyclic amines) is 1. The summed E-state index contributed by atoms with van der Waals surface area (Å²) in [4.78, 5) is 55.2. The van der Waals surface area contributed by atoms with Crippen molar-refractivity contribution in [2.24, 2.45) is 35.5 Å². The zero-order valence-corrected chi connectivity index (χ0v) is 23.0. The molecule has 1 saturated heterocycles. The fraction of sp³-hybridized carbons (Fsp3) is 0.314. The first-order valence-electron chi connectivity index (χ1n) is 14.6. The summed E-state index contributed by atoms with van der Waals surface area (Å²) in [5.74, 6) is -0.873. The van der Waals surface area contributed by atoms with Crippen LogP contribution in [0.3, 0.4) is 0 Å². The van der Waals surface area contributed by atoms with E-state index < -0.39 is 30.5 Å². The van der Waals surface area contributed by atoms with Gasteiger partial charge in [-0.15, -0.1) is 0 Å². The standard InChI is InChI=1S/C35H31NO6/c37-30(23-11-13-24(14-12-23)41-19-22-9-5-2-6-10-22)20-42-35(40)29(17-21-7-3-1-4-8-21)36-33(38)31-25-15-16-26(28-18-27(25)28)32(31)34(36)39/h1-16,25-29,31-32H,17-20H2. The van der Waals surface area contributed by atoms with Crippen molar-refractivity contribution in [3.05, 3.63) is 114 Å². The van der Waals surface area contributed by atoms with Crippen LogP contribution in [-0.2, 0) is 32.1 Å². The first kappa shape index (κ1) is 26.4. The number of imide groups is 1. The average molecular weight is 562 g/mol. The number of carbonyl (C=O) groups excluding carboxylic acids is 4. The number of ether oxygens (including phenoxy) is 2. The van der Waals surface area contributed by atoms with Crippen molar-refractivity contribution >= 4 is 23.6 Å². The molecular formula is C35H31NO6. The molecule has 3 aromatic carbocycles. The highest BCUT2D eigenvalue weighted by atomic mass is 16.5. The van der Waals surface area contributed by atoms with Gasteiger partial charge in [0.2, 0.25) is 11.8 Å². The summed E-state index contributed by atoms with van der Waals surface area (Å²) < 4.78 is 11.3. The monoisotopic (exact) mass is 561 g/mol. The summed E-state index contributed by atoms with van der Waals surface area (Å²) >= 11 is 0. The lowest BCUT2D eigenvalue weighted by atomic mass is 9.63. The molecule has 2 amide bonds. The molecule has 212 valence electrons. The van der Waals surface area contributed by atoms with Gasteiger partial charge < -0.3 is 9.47 Å². The fourth-order valence-electron chi connectivity index (χ4n) is 7.20. The van der Waals surface area contributed by atoms with Crippen LogP contribution < -0.4 is 4.74 Å². The third kappa shape index (κ3) is 4.73. The molecule has 8 rings (SSSR count). The van der Waals surface area contributed by atoms with Crippen molar-refractivity contribution in [3.63, 3.8) is 0 Å². The van der Waals surface area contributed by atoms with Gasteiger partial charge in [0.25, 0.3) is 0 Å². The molecule has 1 aliphatic heterocycles. The Balaban J connectivity index is 1.04. The van der Waals surface area contributed by atoms with E-state index in [1.165, 1.54) is 0 Å². The molecule has 3 aromatic rings. The van der Waals surface area contributed by atoms with Gasteiger partial charge in [-0.1, -0.05) is 72.8 Å². The van der Waals surface area contributed by atoms with E-state index in [0.717, 1.165) is 22.4 Å². The van der Waals surface area contributed by atoms with E-state index in [4.69, 9.17) is 9.47 Å². The number of rotatable bonds is 10. The van der Waals surface area contributed by atoms with Crippen molar-refractivity contribution in [3.8, 4) is 5.75 Å². The average Bonchev–Trinajstić information content (AvgIpc) is 3.81. The van der Waals surface area contributed by atoms with Gasteiger partial charge in [0.15, 0.2) is 12.4 Å². The van der Waals surface area contributed by atoms with Crippen LogP contribution in [-0.4, -0.2) is 41.1 Å². The van der Waals surface area contributed by atoms with Gasteiger partial charge in [-0.3, -0.25) is 19.3 Å². The van der Waals surface area contributed by atoms with Gasteiger partial charge in [-0.25, -0.2) is 4.79 Å². The summed E-state index contributed by atoms with van der Waals surface area (Å²) in [6.07, 6.45) is 5.41. The van der Waals surface area contributed by atoms with E-state index in [1.807, 2.05) is 60.7 Å². The molecule has 7 nitrogen and oxygen atoms in total. The summed E-state index contributed by atoms with van der Waals surface area (Å²) in [5, 5.41) is 0. The van der Waals surface area contributed by atoms with Gasteiger partial charge in [-0.05, 0) is 65.5 Å². The van der Waals surface area contributed by atoms with Crippen molar-refractivity contribution < 1.29 is 28.7 Å². The third-order valence-electron chi connectivity index (χ3n) is 9.32. The molecule has 2 saturated carbocycles. The fourth-order valence-corrected chi connectivity index (χ4v) is 7.20. The molecule has 7 heteroatoms. The highest BCUT2D eigenvalue weighted by Gasteiger charge is 2.68. The minimum Gasteiger partial charge on any atom is -0.489 e. The molecule has 1 heterocycles. The summed E-state index contributed by atoms with van der Waals surface area (Å²) in [6.45, 7) is -0.0859. The lowest BCUT2D eigenvalue weighted by molar-refractivity contribution is -0.158. The number of Topliss-reactive ketones (excluding diaryl/α,β-unsaturated/α-hetero) is 1. The largest absolute Gasteiger partial charge is 0.489 e. The van der Waals surface area contributed by atoms with Gasteiger partial charge in [-0.2, -0.15) is 0 Å². The van der Waals surface area contributed by atoms with Gasteiger partial charge >= 0.3 is 5.97 Å². The minimum absolute atomic E-state index is 0.0565. The van der Waals surface area contributed by atoms with Gasteiger partial charge in [0.05, 0.1) is 11.8 Å². The highest BCUT2D eigenvalue weighted by molar-refractivity contribution is 6.09. The van der Waals surface area contributed by atoms with Crippen LogP contribution in [0.4, 0.5) is 0 Å². The number of nitrogens with zero attached hydrogens (tertiary/aromatic N) is 1. The Hall–Kier alpha value is -4.52. The number of hydrogen-bond acceptors (Lipinski definition) is 6. The van der Waals surface area contributed by atoms with E-state index >= 15 is 0 Å². The Labute approximate surface area is 244 Å². The number of allylic oxidation sites excluding steroid dienone is 2. The maximum Gasteiger partial charge on any atom is 0.330 e. The van der Waals surface area contributed by atoms with Crippen molar-refractivity contribution in [1.82, 2.24) is 4.90 Å². The molecule has 42 heavy (non-hydrogen) atoms. The lowest BCUT2D eigenvalue weighted by Crippen LogP contribution is -2.48. The second-order valence-electron chi connectivity index (χ2n) is 11.7. The summed E-state index contributed by atoms with van der Waals surface area (Å²) in [6, 6.07) is 24.6. The molecule has 3 fully saturated rings. The smallest absolute Gasteiger partial charge is 0.330 e. The van der Waals surface area contributed by atoms with E-state index in [2.05, 4.69) is 12.2 Å². The molecule has 5 aliphatic rings. The molecule has 0 aromatic heterocycles. The molecule has 0 radical (unpaired) electrons. The highest BCUT2D eigenvalue weighted by Crippen LogP contribution is 2.65. The van der Waals surface area contributed by atoms with Crippen molar-refractivity contribution in [1.29, 1.82) is 0 Å². The molecule has 7 unspecified atom stereocenters. The van der Waals surface area contributed by atoms with Crippen LogP contribution >= 0.6 is 0 Å². The molecule has 2 bridgehead atoms. The van der Waals surface area contributed by atoms with Gasteiger partial charge in [0.1, 0.15) is 18.4 Å². The normalized spacial score (nSPS) is 27.3. The van der Waals surface area contributed by atoms with Crippen LogP contribution in [0.1, 0.15) is 27.9 Å². The van der Waals surface area contributed by atoms with Crippen molar-refractivity contribution in [2.75, 3.05) is 6.61 Å².